The topological polar surface area (TPSA) is 56.6 Å². The zero-order chi connectivity index (χ0) is 17.0. The van der Waals surface area contributed by atoms with E-state index in [1.165, 1.54) is 24.3 Å². The molecule has 0 unspecified atom stereocenters. The Morgan fingerprint density at radius 3 is 2.70 bits per heavy atom. The van der Waals surface area contributed by atoms with E-state index < -0.39 is 6.61 Å². The van der Waals surface area contributed by atoms with Gasteiger partial charge in [0.15, 0.2) is 11.5 Å². The van der Waals surface area contributed by atoms with Crippen LogP contribution in [-0.2, 0) is 13.6 Å². The van der Waals surface area contributed by atoms with Crippen molar-refractivity contribution in [3.8, 4) is 11.5 Å². The molecule has 0 fully saturated rings. The van der Waals surface area contributed by atoms with Crippen LogP contribution in [0.5, 0.6) is 11.5 Å². The average Bonchev–Trinajstić information content (AvgIpc) is 2.93. The third kappa shape index (κ3) is 4.18. The maximum atomic E-state index is 12.3. The second-order valence-corrected chi connectivity index (χ2v) is 4.93. The van der Waals surface area contributed by atoms with E-state index in [9.17, 15) is 13.6 Å². The first kappa shape index (κ1) is 16.7. The number of aryl methyl sites for hydroxylation is 1. The molecule has 1 aromatic heterocycles. The first-order chi connectivity index (χ1) is 10.9. The Bertz CT molecular complexity index is 688. The molecule has 0 aliphatic carbocycles. The lowest BCUT2D eigenvalue weighted by molar-refractivity contribution is -0.0512. The fraction of sp³-hybridized carbons (Fsp3) is 0.333. The molecule has 124 valence electrons. The minimum Gasteiger partial charge on any atom is -0.493 e. The number of hydrogen-bond donors (Lipinski definition) is 0. The molecule has 2 rings (SSSR count). The van der Waals surface area contributed by atoms with Crippen LogP contribution in [0.1, 0.15) is 15.9 Å². The van der Waals surface area contributed by atoms with Crippen LogP contribution in [0.25, 0.3) is 0 Å². The molecule has 8 heteroatoms. The van der Waals surface area contributed by atoms with Crippen molar-refractivity contribution in [2.24, 2.45) is 7.05 Å². The Kier molecular flexibility index (Phi) is 5.15. The zero-order valence-electron chi connectivity index (χ0n) is 13.0. The Morgan fingerprint density at radius 2 is 2.13 bits per heavy atom. The minimum atomic E-state index is -2.93. The van der Waals surface area contributed by atoms with Gasteiger partial charge in [0.2, 0.25) is 0 Å². The maximum absolute atomic E-state index is 12.3. The smallest absolute Gasteiger partial charge is 0.387 e. The van der Waals surface area contributed by atoms with Crippen LogP contribution in [0.2, 0.25) is 0 Å². The normalized spacial score (nSPS) is 10.7. The van der Waals surface area contributed by atoms with Crippen molar-refractivity contribution >= 4 is 5.91 Å². The second kappa shape index (κ2) is 7.08. The Balaban J connectivity index is 2.11. The summed E-state index contributed by atoms with van der Waals surface area (Å²) in [7, 11) is 4.73. The summed E-state index contributed by atoms with van der Waals surface area (Å²) in [5, 5.41) is 3.96. The number of alkyl halides is 2. The molecular weight excluding hydrogens is 308 g/mol. The van der Waals surface area contributed by atoms with Crippen LogP contribution in [0, 0.1) is 0 Å². The van der Waals surface area contributed by atoms with Gasteiger partial charge in [0.25, 0.3) is 5.91 Å². The SMILES string of the molecule is COc1cc(CN(C)C(=O)c2cnn(C)c2)ccc1OC(F)F. The number of methoxy groups -OCH3 is 1. The molecule has 23 heavy (non-hydrogen) atoms. The summed E-state index contributed by atoms with van der Waals surface area (Å²) >= 11 is 0. The van der Waals surface area contributed by atoms with Gasteiger partial charge in [0.1, 0.15) is 0 Å². The van der Waals surface area contributed by atoms with Gasteiger partial charge in [0, 0.05) is 26.8 Å². The molecule has 2 aromatic rings. The van der Waals surface area contributed by atoms with Gasteiger partial charge in [-0.15, -0.1) is 0 Å². The van der Waals surface area contributed by atoms with Crippen LogP contribution in [-0.4, -0.2) is 41.4 Å². The van der Waals surface area contributed by atoms with Gasteiger partial charge in [-0.25, -0.2) is 0 Å². The number of hydrogen-bond acceptors (Lipinski definition) is 4. The van der Waals surface area contributed by atoms with Crippen molar-refractivity contribution in [1.29, 1.82) is 0 Å². The Hall–Kier alpha value is -2.64. The Labute approximate surface area is 132 Å². The number of aromatic nitrogens is 2. The number of rotatable bonds is 6. The van der Waals surface area contributed by atoms with Gasteiger partial charge in [-0.05, 0) is 17.7 Å². The van der Waals surface area contributed by atoms with Crippen molar-refractivity contribution in [2.75, 3.05) is 14.2 Å². The number of amides is 1. The van der Waals surface area contributed by atoms with Crippen LogP contribution in [0.4, 0.5) is 8.78 Å². The lowest BCUT2D eigenvalue weighted by Crippen LogP contribution is -2.25. The van der Waals surface area contributed by atoms with Crippen LogP contribution < -0.4 is 9.47 Å². The summed E-state index contributed by atoms with van der Waals surface area (Å²) in [6, 6.07) is 4.56. The fourth-order valence-corrected chi connectivity index (χ4v) is 2.10. The largest absolute Gasteiger partial charge is 0.493 e. The van der Waals surface area contributed by atoms with Crippen molar-refractivity contribution in [3.63, 3.8) is 0 Å². The highest BCUT2D eigenvalue weighted by molar-refractivity contribution is 5.93. The second-order valence-electron chi connectivity index (χ2n) is 4.93. The van der Waals surface area contributed by atoms with Crippen LogP contribution in [0.15, 0.2) is 30.6 Å². The van der Waals surface area contributed by atoms with Gasteiger partial charge in [-0.2, -0.15) is 13.9 Å². The molecule has 0 N–H and O–H groups in total. The molecule has 0 aliphatic heterocycles. The standard InChI is InChI=1S/C15H17F2N3O3/c1-19(14(21)11-7-18-20(2)9-11)8-10-4-5-12(23-15(16)17)13(6-10)22-3/h4-7,9,15H,8H2,1-3H3. The summed E-state index contributed by atoms with van der Waals surface area (Å²) in [5.41, 5.74) is 1.20. The average molecular weight is 325 g/mol. The van der Waals surface area contributed by atoms with E-state index in [-0.39, 0.29) is 17.4 Å². The van der Waals surface area contributed by atoms with Crippen LogP contribution >= 0.6 is 0 Å². The summed E-state index contributed by atoms with van der Waals surface area (Å²) in [6.07, 6.45) is 3.11. The van der Waals surface area contributed by atoms with E-state index in [1.54, 1.807) is 37.1 Å². The molecular formula is C15H17F2N3O3. The highest BCUT2D eigenvalue weighted by atomic mass is 19.3. The first-order valence-electron chi connectivity index (χ1n) is 6.76. The van der Waals surface area contributed by atoms with E-state index in [1.807, 2.05) is 0 Å². The number of nitrogens with zero attached hydrogens (tertiary/aromatic N) is 3. The molecule has 0 saturated carbocycles. The molecule has 0 bridgehead atoms. The molecule has 1 heterocycles. The molecule has 0 radical (unpaired) electrons. The molecule has 0 saturated heterocycles. The van der Waals surface area contributed by atoms with Gasteiger partial charge >= 0.3 is 6.61 Å². The molecule has 0 spiro atoms. The van der Waals surface area contributed by atoms with E-state index in [0.717, 1.165) is 5.56 Å². The Morgan fingerprint density at radius 1 is 1.39 bits per heavy atom. The van der Waals surface area contributed by atoms with Gasteiger partial charge in [-0.1, -0.05) is 6.07 Å². The molecule has 6 nitrogen and oxygen atoms in total. The summed E-state index contributed by atoms with van der Waals surface area (Å²) in [5.74, 6) is -0.0533. The van der Waals surface area contributed by atoms with Crippen molar-refractivity contribution in [3.05, 3.63) is 41.7 Å². The lowest BCUT2D eigenvalue weighted by atomic mass is 10.2. The van der Waals surface area contributed by atoms with E-state index in [4.69, 9.17) is 4.74 Å². The van der Waals surface area contributed by atoms with Crippen molar-refractivity contribution < 1.29 is 23.0 Å². The quantitative estimate of drug-likeness (QED) is 0.818. The maximum Gasteiger partial charge on any atom is 0.387 e. The number of carbonyl (C=O) groups is 1. The summed E-state index contributed by atoms with van der Waals surface area (Å²) < 4.78 is 35.6. The number of halogens is 2. The number of ether oxygens (including phenoxy) is 2. The highest BCUT2D eigenvalue weighted by Crippen LogP contribution is 2.29. The lowest BCUT2D eigenvalue weighted by Gasteiger charge is -2.17. The van der Waals surface area contributed by atoms with Crippen molar-refractivity contribution in [2.45, 2.75) is 13.2 Å². The molecule has 1 aromatic carbocycles. The summed E-state index contributed by atoms with van der Waals surface area (Å²) in [6.45, 7) is -2.64. The monoisotopic (exact) mass is 325 g/mol. The third-order valence-electron chi connectivity index (χ3n) is 3.16. The zero-order valence-corrected chi connectivity index (χ0v) is 13.0. The molecule has 0 aliphatic rings. The first-order valence-corrected chi connectivity index (χ1v) is 6.76. The minimum absolute atomic E-state index is 0.0486. The summed E-state index contributed by atoms with van der Waals surface area (Å²) in [4.78, 5) is 13.7. The van der Waals surface area contributed by atoms with Crippen molar-refractivity contribution in [1.82, 2.24) is 14.7 Å². The van der Waals surface area contributed by atoms with E-state index in [0.29, 0.717) is 12.1 Å². The predicted octanol–water partition coefficient (Wildman–Crippen LogP) is 2.30. The number of benzene rings is 1. The van der Waals surface area contributed by atoms with Gasteiger partial charge < -0.3 is 14.4 Å². The fourth-order valence-electron chi connectivity index (χ4n) is 2.10. The predicted molar refractivity (Wildman–Crippen MR) is 78.6 cm³/mol. The van der Waals surface area contributed by atoms with Gasteiger partial charge in [-0.3, -0.25) is 9.48 Å². The highest BCUT2D eigenvalue weighted by Gasteiger charge is 2.16. The molecule has 0 atom stereocenters. The van der Waals surface area contributed by atoms with E-state index >= 15 is 0 Å². The van der Waals surface area contributed by atoms with E-state index in [2.05, 4.69) is 9.84 Å². The van der Waals surface area contributed by atoms with Gasteiger partial charge in [0.05, 0.1) is 18.9 Å². The third-order valence-corrected chi connectivity index (χ3v) is 3.16. The number of carbonyl (C=O) groups excluding carboxylic acids is 1. The molecule has 1 amide bonds. The van der Waals surface area contributed by atoms with Crippen LogP contribution in [0.3, 0.4) is 0 Å².